The number of carbonyl (C=O) groups excluding carboxylic acids is 1. The topological polar surface area (TPSA) is 43.8 Å². The van der Waals surface area contributed by atoms with Crippen molar-refractivity contribution in [2.45, 2.75) is 65.1 Å². The number of carbonyl (C=O) groups is 1. The summed E-state index contributed by atoms with van der Waals surface area (Å²) >= 11 is 0. The van der Waals surface area contributed by atoms with Gasteiger partial charge in [0.15, 0.2) is 0 Å². The zero-order valence-corrected chi connectivity index (χ0v) is 16.1. The minimum absolute atomic E-state index is 0.0738. The van der Waals surface area contributed by atoms with Crippen LogP contribution < -0.4 is 0 Å². The van der Waals surface area contributed by atoms with E-state index in [0.29, 0.717) is 0 Å². The molecule has 2 aliphatic rings. The SMILES string of the molecule is CC(=O)N1CC2(CCN(Cc3ccc(C)cc3)CC2)C[C@H](O)C1(C)C. The lowest BCUT2D eigenvalue weighted by Crippen LogP contribution is -2.64. The van der Waals surface area contributed by atoms with Crippen molar-refractivity contribution in [1.29, 1.82) is 0 Å². The normalized spacial score (nSPS) is 26.0. The predicted molar refractivity (Wildman–Crippen MR) is 100 cm³/mol. The lowest BCUT2D eigenvalue weighted by Gasteiger charge is -2.55. The van der Waals surface area contributed by atoms with Gasteiger partial charge >= 0.3 is 0 Å². The van der Waals surface area contributed by atoms with Crippen molar-refractivity contribution in [2.24, 2.45) is 5.41 Å². The van der Waals surface area contributed by atoms with E-state index in [1.807, 2.05) is 18.7 Å². The maximum Gasteiger partial charge on any atom is 0.219 e. The first-order valence-electron chi connectivity index (χ1n) is 9.46. The second-order valence-electron chi connectivity index (χ2n) is 8.74. The number of aliphatic hydroxyl groups is 1. The summed E-state index contributed by atoms with van der Waals surface area (Å²) < 4.78 is 0. The van der Waals surface area contributed by atoms with E-state index in [1.165, 1.54) is 11.1 Å². The fraction of sp³-hybridized carbons (Fsp3) is 0.667. The Labute approximate surface area is 151 Å². The standard InChI is InChI=1S/C21H32N2O2/c1-16-5-7-18(8-6-16)14-22-11-9-21(10-12-22)13-19(25)20(3,4)23(15-21)17(2)24/h5-8,19,25H,9-15H2,1-4H3/t19-/m0/s1. The van der Waals surface area contributed by atoms with E-state index < -0.39 is 11.6 Å². The number of hydrogen-bond donors (Lipinski definition) is 1. The highest BCUT2D eigenvalue weighted by molar-refractivity contribution is 5.74. The highest BCUT2D eigenvalue weighted by Crippen LogP contribution is 2.45. The maximum absolute atomic E-state index is 12.1. The molecule has 2 fully saturated rings. The van der Waals surface area contributed by atoms with Gasteiger partial charge in [0.1, 0.15) is 0 Å². The molecule has 2 aliphatic heterocycles. The first-order chi connectivity index (χ1) is 11.7. The number of benzene rings is 1. The Kier molecular flexibility index (Phi) is 4.95. The molecule has 4 heteroatoms. The molecule has 1 aromatic carbocycles. The number of aliphatic hydroxyl groups excluding tert-OH is 1. The number of amides is 1. The molecule has 25 heavy (non-hydrogen) atoms. The van der Waals surface area contributed by atoms with Crippen molar-refractivity contribution < 1.29 is 9.90 Å². The molecule has 1 spiro atoms. The zero-order valence-electron chi connectivity index (χ0n) is 16.1. The van der Waals surface area contributed by atoms with Gasteiger partial charge in [-0.3, -0.25) is 9.69 Å². The van der Waals surface area contributed by atoms with Crippen molar-refractivity contribution in [3.63, 3.8) is 0 Å². The third-order valence-corrected chi connectivity index (χ3v) is 6.45. The highest BCUT2D eigenvalue weighted by Gasteiger charge is 2.50. The van der Waals surface area contributed by atoms with Gasteiger partial charge in [-0.05, 0) is 64.1 Å². The van der Waals surface area contributed by atoms with Crippen LogP contribution in [0.4, 0.5) is 0 Å². The van der Waals surface area contributed by atoms with Crippen molar-refractivity contribution in [1.82, 2.24) is 9.80 Å². The number of nitrogens with zero attached hydrogens (tertiary/aromatic N) is 2. The molecule has 1 N–H and O–H groups in total. The molecule has 0 radical (unpaired) electrons. The second-order valence-corrected chi connectivity index (χ2v) is 8.74. The average Bonchev–Trinajstić information content (AvgIpc) is 2.55. The molecule has 2 heterocycles. The lowest BCUT2D eigenvalue weighted by molar-refractivity contribution is -0.157. The Morgan fingerprint density at radius 2 is 1.80 bits per heavy atom. The van der Waals surface area contributed by atoms with E-state index in [2.05, 4.69) is 36.1 Å². The molecule has 138 valence electrons. The van der Waals surface area contributed by atoms with Crippen molar-refractivity contribution in [2.75, 3.05) is 19.6 Å². The van der Waals surface area contributed by atoms with Crippen LogP contribution in [0.1, 0.15) is 51.2 Å². The van der Waals surface area contributed by atoms with Crippen molar-refractivity contribution in [3.8, 4) is 0 Å². The van der Waals surface area contributed by atoms with E-state index in [0.717, 1.165) is 45.4 Å². The first kappa shape index (κ1) is 18.4. The van der Waals surface area contributed by atoms with Gasteiger partial charge in [0.2, 0.25) is 5.91 Å². The van der Waals surface area contributed by atoms with Crippen LogP contribution in [0.3, 0.4) is 0 Å². The van der Waals surface area contributed by atoms with Gasteiger partial charge in [-0.2, -0.15) is 0 Å². The molecule has 1 amide bonds. The molecule has 2 saturated heterocycles. The smallest absolute Gasteiger partial charge is 0.219 e. The van der Waals surface area contributed by atoms with Crippen LogP contribution >= 0.6 is 0 Å². The molecule has 0 aliphatic carbocycles. The summed E-state index contributed by atoms with van der Waals surface area (Å²) in [7, 11) is 0. The minimum atomic E-state index is -0.462. The summed E-state index contributed by atoms with van der Waals surface area (Å²) in [6.45, 7) is 11.5. The van der Waals surface area contributed by atoms with Gasteiger partial charge in [-0.25, -0.2) is 0 Å². The summed E-state index contributed by atoms with van der Waals surface area (Å²) in [6, 6.07) is 8.77. The number of likely N-dealkylation sites (tertiary alicyclic amines) is 2. The zero-order chi connectivity index (χ0) is 18.2. The fourth-order valence-electron chi connectivity index (χ4n) is 4.46. The van der Waals surface area contributed by atoms with Crippen molar-refractivity contribution >= 4 is 5.91 Å². The summed E-state index contributed by atoms with van der Waals surface area (Å²) in [5.41, 5.74) is 2.27. The molecular formula is C21H32N2O2. The number of aryl methyl sites for hydroxylation is 1. The van der Waals surface area contributed by atoms with E-state index >= 15 is 0 Å². The van der Waals surface area contributed by atoms with E-state index in [1.54, 1.807) is 6.92 Å². The number of rotatable bonds is 2. The van der Waals surface area contributed by atoms with Crippen LogP contribution in [0.2, 0.25) is 0 Å². The third-order valence-electron chi connectivity index (χ3n) is 6.45. The van der Waals surface area contributed by atoms with Gasteiger partial charge in [0.05, 0.1) is 11.6 Å². The second kappa shape index (κ2) is 6.73. The third kappa shape index (κ3) is 3.75. The van der Waals surface area contributed by atoms with Crippen LogP contribution in [0.15, 0.2) is 24.3 Å². The molecule has 4 nitrogen and oxygen atoms in total. The van der Waals surface area contributed by atoms with E-state index in [4.69, 9.17) is 0 Å². The van der Waals surface area contributed by atoms with Crippen LogP contribution in [0, 0.1) is 12.3 Å². The Balaban J connectivity index is 1.64. The molecule has 1 atom stereocenters. The van der Waals surface area contributed by atoms with Crippen LogP contribution in [0.5, 0.6) is 0 Å². The van der Waals surface area contributed by atoms with Gasteiger partial charge < -0.3 is 10.0 Å². The summed E-state index contributed by atoms with van der Waals surface area (Å²) in [5.74, 6) is 0.0743. The fourth-order valence-corrected chi connectivity index (χ4v) is 4.46. The average molecular weight is 344 g/mol. The lowest BCUT2D eigenvalue weighted by atomic mass is 9.67. The van der Waals surface area contributed by atoms with E-state index in [-0.39, 0.29) is 11.3 Å². The van der Waals surface area contributed by atoms with Crippen LogP contribution in [0.25, 0.3) is 0 Å². The summed E-state index contributed by atoms with van der Waals surface area (Å²) in [5, 5.41) is 10.7. The number of hydrogen-bond acceptors (Lipinski definition) is 3. The first-order valence-corrected chi connectivity index (χ1v) is 9.46. The Hall–Kier alpha value is -1.39. The largest absolute Gasteiger partial charge is 0.391 e. The molecule has 0 aromatic heterocycles. The Morgan fingerprint density at radius 3 is 2.36 bits per heavy atom. The molecule has 0 saturated carbocycles. The Morgan fingerprint density at radius 1 is 1.20 bits per heavy atom. The summed E-state index contributed by atoms with van der Waals surface area (Å²) in [4.78, 5) is 16.5. The van der Waals surface area contributed by atoms with Gasteiger partial charge in [-0.15, -0.1) is 0 Å². The molecule has 1 aromatic rings. The van der Waals surface area contributed by atoms with Crippen LogP contribution in [-0.4, -0.2) is 52.1 Å². The van der Waals surface area contributed by atoms with E-state index in [9.17, 15) is 9.90 Å². The maximum atomic E-state index is 12.1. The van der Waals surface area contributed by atoms with Crippen LogP contribution in [-0.2, 0) is 11.3 Å². The molecule has 0 bridgehead atoms. The molecule has 0 unspecified atom stereocenters. The number of piperidine rings is 2. The quantitative estimate of drug-likeness (QED) is 0.897. The predicted octanol–water partition coefficient (Wildman–Crippen LogP) is 2.97. The highest BCUT2D eigenvalue weighted by atomic mass is 16.3. The summed E-state index contributed by atoms with van der Waals surface area (Å²) in [6.07, 6.45) is 2.46. The van der Waals surface area contributed by atoms with Gasteiger partial charge in [-0.1, -0.05) is 29.8 Å². The minimum Gasteiger partial charge on any atom is -0.391 e. The van der Waals surface area contributed by atoms with Gasteiger partial charge in [0.25, 0.3) is 0 Å². The van der Waals surface area contributed by atoms with Crippen molar-refractivity contribution in [3.05, 3.63) is 35.4 Å². The molecular weight excluding hydrogens is 312 g/mol. The molecule has 3 rings (SSSR count). The Bertz CT molecular complexity index is 615. The van der Waals surface area contributed by atoms with Gasteiger partial charge in [0, 0.05) is 20.0 Å². The monoisotopic (exact) mass is 344 g/mol.